The van der Waals surface area contributed by atoms with Crippen molar-refractivity contribution < 1.29 is 37.0 Å². The molecule has 0 saturated heterocycles. The molecule has 37 heavy (non-hydrogen) atoms. The van der Waals surface area contributed by atoms with Crippen molar-refractivity contribution in [2.45, 2.75) is 39.0 Å². The van der Waals surface area contributed by atoms with E-state index in [2.05, 4.69) is 15.6 Å². The van der Waals surface area contributed by atoms with E-state index >= 15 is 0 Å². The highest BCUT2D eigenvalue weighted by Gasteiger charge is 2.65. The first-order valence-electron chi connectivity index (χ1n) is 11.2. The number of hydrogen-bond acceptors (Lipinski definition) is 7. The maximum absolute atomic E-state index is 14.5. The molecule has 2 heterocycles. The van der Waals surface area contributed by atoms with Crippen LogP contribution in [0.1, 0.15) is 23.7 Å². The normalized spacial score (nSPS) is 16.8. The van der Waals surface area contributed by atoms with Crippen molar-refractivity contribution in [2.24, 2.45) is 0 Å². The lowest BCUT2D eigenvalue weighted by Crippen LogP contribution is -2.57. The summed E-state index contributed by atoms with van der Waals surface area (Å²) in [6.07, 6.45) is -2.86. The predicted octanol–water partition coefficient (Wildman–Crippen LogP) is 4.04. The van der Waals surface area contributed by atoms with Crippen LogP contribution < -0.4 is 10.1 Å². The second kappa shape index (κ2) is 10.4. The number of para-hydroxylation sites is 1. The zero-order chi connectivity index (χ0) is 26.6. The van der Waals surface area contributed by atoms with Gasteiger partial charge in [0.1, 0.15) is 23.6 Å². The predicted molar refractivity (Wildman–Crippen MR) is 125 cm³/mol. The van der Waals surface area contributed by atoms with E-state index < -0.39 is 36.0 Å². The van der Waals surface area contributed by atoms with Gasteiger partial charge in [-0.2, -0.15) is 13.2 Å². The first-order valence-corrected chi connectivity index (χ1v) is 11.2. The van der Waals surface area contributed by atoms with Gasteiger partial charge in [-0.25, -0.2) is 9.48 Å². The molecule has 2 aromatic carbocycles. The monoisotopic (exact) mass is 516 g/mol. The number of rotatable bonds is 8. The van der Waals surface area contributed by atoms with Crippen LogP contribution in [-0.4, -0.2) is 45.4 Å². The fourth-order valence-corrected chi connectivity index (χ4v) is 3.60. The third kappa shape index (κ3) is 5.64. The van der Waals surface area contributed by atoms with E-state index in [1.54, 1.807) is 18.2 Å². The molecular formula is C25H23F3N4O5. The number of halogens is 3. The van der Waals surface area contributed by atoms with E-state index in [-0.39, 0.29) is 30.2 Å². The van der Waals surface area contributed by atoms with E-state index in [4.69, 9.17) is 14.2 Å². The Bertz CT molecular complexity index is 1320. The molecule has 1 atom stereocenters. The largest absolute Gasteiger partial charge is 0.462 e. The highest BCUT2D eigenvalue weighted by Crippen LogP contribution is 2.46. The molecule has 1 aliphatic heterocycles. The Morgan fingerprint density at radius 1 is 1.14 bits per heavy atom. The lowest BCUT2D eigenvalue weighted by molar-refractivity contribution is -0.338. The van der Waals surface area contributed by atoms with Crippen LogP contribution >= 0.6 is 0 Å². The number of esters is 1. The summed E-state index contributed by atoms with van der Waals surface area (Å²) in [5.74, 6) is -5.21. The Morgan fingerprint density at radius 3 is 2.57 bits per heavy atom. The molecule has 0 radical (unpaired) electrons. The SMILES string of the molecule is CCOC(=O)C1=Cc2ccccc2OC1(OCc1cn(CC(=O)Nc2ccc(C)cc2)nn1)C(F)(F)F. The summed E-state index contributed by atoms with van der Waals surface area (Å²) in [6.45, 7) is 2.28. The Balaban J connectivity index is 1.52. The van der Waals surface area contributed by atoms with Crippen LogP contribution in [0.5, 0.6) is 5.75 Å². The van der Waals surface area contributed by atoms with Gasteiger partial charge in [0.05, 0.1) is 19.4 Å². The van der Waals surface area contributed by atoms with Crippen LogP contribution in [0.4, 0.5) is 18.9 Å². The van der Waals surface area contributed by atoms with Gasteiger partial charge in [0.25, 0.3) is 0 Å². The molecule has 3 aromatic rings. The molecule has 1 aliphatic rings. The first kappa shape index (κ1) is 25.9. The quantitative estimate of drug-likeness (QED) is 0.451. The second-order valence-electron chi connectivity index (χ2n) is 8.14. The summed E-state index contributed by atoms with van der Waals surface area (Å²) in [5, 5.41) is 10.3. The molecule has 1 aromatic heterocycles. The number of hydrogen-bond donors (Lipinski definition) is 1. The van der Waals surface area contributed by atoms with Crippen molar-refractivity contribution in [3.05, 3.63) is 77.1 Å². The highest BCUT2D eigenvalue weighted by atomic mass is 19.4. The van der Waals surface area contributed by atoms with Crippen LogP contribution in [0.15, 0.2) is 60.3 Å². The number of carbonyl (C=O) groups is 2. The summed E-state index contributed by atoms with van der Waals surface area (Å²) in [5.41, 5.74) is 1.00. The number of anilines is 1. The fourth-order valence-electron chi connectivity index (χ4n) is 3.60. The standard InChI is InChI=1S/C25H23F3N4O5/c1-3-35-23(34)20-12-17-6-4-5-7-21(17)37-24(20,25(26,27)28)36-15-19-13-32(31-30-19)14-22(33)29-18-10-8-16(2)9-11-18/h4-13H,3,14-15H2,1-2H3,(H,29,33). The molecular weight excluding hydrogens is 493 g/mol. The van der Waals surface area contributed by atoms with Crippen LogP contribution in [0.3, 0.4) is 0 Å². The van der Waals surface area contributed by atoms with Crippen molar-refractivity contribution in [1.29, 1.82) is 0 Å². The minimum atomic E-state index is -5.16. The second-order valence-corrected chi connectivity index (χ2v) is 8.14. The molecule has 1 unspecified atom stereocenters. The summed E-state index contributed by atoms with van der Waals surface area (Å²) < 4.78 is 59.9. The number of amides is 1. The Kier molecular flexibility index (Phi) is 7.30. The fraction of sp³-hybridized carbons (Fsp3) is 0.280. The summed E-state index contributed by atoms with van der Waals surface area (Å²) >= 11 is 0. The smallest absolute Gasteiger partial charge is 0.460 e. The van der Waals surface area contributed by atoms with Gasteiger partial charge in [-0.05, 0) is 38.1 Å². The van der Waals surface area contributed by atoms with Crippen LogP contribution in [-0.2, 0) is 32.2 Å². The van der Waals surface area contributed by atoms with Crippen LogP contribution in [0.2, 0.25) is 0 Å². The number of alkyl halides is 3. The number of nitrogens with one attached hydrogen (secondary N) is 1. The van der Waals surface area contributed by atoms with Crippen molar-refractivity contribution >= 4 is 23.6 Å². The van der Waals surface area contributed by atoms with E-state index in [0.29, 0.717) is 5.69 Å². The molecule has 0 saturated carbocycles. The van der Waals surface area contributed by atoms with E-state index in [9.17, 15) is 22.8 Å². The molecule has 4 rings (SSSR count). The number of aryl methyl sites for hydroxylation is 1. The van der Waals surface area contributed by atoms with Gasteiger partial charge in [-0.1, -0.05) is 41.1 Å². The van der Waals surface area contributed by atoms with Gasteiger partial charge in [0.2, 0.25) is 5.91 Å². The zero-order valence-corrected chi connectivity index (χ0v) is 19.9. The van der Waals surface area contributed by atoms with E-state index in [1.165, 1.54) is 31.3 Å². The lowest BCUT2D eigenvalue weighted by atomic mass is 9.97. The Morgan fingerprint density at radius 2 is 1.86 bits per heavy atom. The van der Waals surface area contributed by atoms with Gasteiger partial charge < -0.3 is 19.5 Å². The molecule has 0 aliphatic carbocycles. The molecule has 9 nitrogen and oxygen atoms in total. The van der Waals surface area contributed by atoms with Crippen molar-refractivity contribution in [3.8, 4) is 5.75 Å². The summed E-state index contributed by atoms with van der Waals surface area (Å²) in [6, 6.07) is 13.1. The van der Waals surface area contributed by atoms with Crippen LogP contribution in [0.25, 0.3) is 6.08 Å². The molecule has 194 valence electrons. The topological polar surface area (TPSA) is 105 Å². The molecule has 0 spiro atoms. The number of nitrogens with zero attached hydrogens (tertiary/aromatic N) is 3. The third-order valence-corrected chi connectivity index (χ3v) is 5.35. The number of carbonyl (C=O) groups excluding carboxylic acids is 2. The minimum Gasteiger partial charge on any atom is -0.462 e. The van der Waals surface area contributed by atoms with Gasteiger partial charge in [-0.3, -0.25) is 4.79 Å². The summed E-state index contributed by atoms with van der Waals surface area (Å²) in [7, 11) is 0. The van der Waals surface area contributed by atoms with Gasteiger partial charge in [0, 0.05) is 11.3 Å². The third-order valence-electron chi connectivity index (χ3n) is 5.35. The Labute approximate surface area is 209 Å². The van der Waals surface area contributed by atoms with Crippen molar-refractivity contribution in [3.63, 3.8) is 0 Å². The first-order chi connectivity index (χ1) is 17.6. The summed E-state index contributed by atoms with van der Waals surface area (Å²) in [4.78, 5) is 24.9. The zero-order valence-electron chi connectivity index (χ0n) is 19.9. The molecule has 12 heteroatoms. The van der Waals surface area contributed by atoms with Gasteiger partial charge >= 0.3 is 17.9 Å². The van der Waals surface area contributed by atoms with Crippen molar-refractivity contribution in [1.82, 2.24) is 15.0 Å². The number of fused-ring (bicyclic) bond motifs is 1. The number of aromatic nitrogens is 3. The lowest BCUT2D eigenvalue weighted by Gasteiger charge is -2.38. The molecule has 0 bridgehead atoms. The maximum Gasteiger partial charge on any atom is 0.460 e. The number of ether oxygens (including phenoxy) is 3. The highest BCUT2D eigenvalue weighted by molar-refractivity contribution is 5.97. The minimum absolute atomic E-state index is 0.0163. The van der Waals surface area contributed by atoms with E-state index in [1.807, 2.05) is 19.1 Å². The Hall–Kier alpha value is -4.19. The van der Waals surface area contributed by atoms with Gasteiger partial charge in [0.15, 0.2) is 0 Å². The van der Waals surface area contributed by atoms with Gasteiger partial charge in [-0.15, -0.1) is 5.10 Å². The number of benzene rings is 2. The molecule has 0 fully saturated rings. The average Bonchev–Trinajstić information content (AvgIpc) is 3.30. The molecule has 1 amide bonds. The van der Waals surface area contributed by atoms with Crippen molar-refractivity contribution in [2.75, 3.05) is 11.9 Å². The average molecular weight is 516 g/mol. The van der Waals surface area contributed by atoms with Crippen LogP contribution in [0, 0.1) is 6.92 Å². The molecule has 1 N–H and O–H groups in total. The van der Waals surface area contributed by atoms with E-state index in [0.717, 1.165) is 16.3 Å². The maximum atomic E-state index is 14.5.